The summed E-state index contributed by atoms with van der Waals surface area (Å²) in [6.45, 7) is 3.09. The lowest BCUT2D eigenvalue weighted by Crippen LogP contribution is -2.36. The highest BCUT2D eigenvalue weighted by Crippen LogP contribution is 2.31. The molecule has 1 aromatic heterocycles. The Morgan fingerprint density at radius 1 is 1.06 bits per heavy atom. The molecule has 0 radical (unpaired) electrons. The minimum atomic E-state index is -3.86. The van der Waals surface area contributed by atoms with Crippen LogP contribution in [-0.2, 0) is 14.8 Å². The Hall–Kier alpha value is -2.82. The number of hydrogen-bond donors (Lipinski definition) is 1. The zero-order chi connectivity index (χ0) is 21.8. The first-order valence-corrected chi connectivity index (χ1v) is 12.0. The molecule has 164 valence electrons. The number of nitrogens with zero attached hydrogens (tertiary/aromatic N) is 2. The first-order chi connectivity index (χ1) is 15.0. The minimum Gasteiger partial charge on any atom is -0.497 e. The number of thiazole rings is 1. The molecule has 0 bridgehead atoms. The summed E-state index contributed by atoms with van der Waals surface area (Å²) in [5.74, 6) is 0.666. The van der Waals surface area contributed by atoms with Gasteiger partial charge in [0.25, 0.3) is 10.0 Å². The monoisotopic (exact) mass is 461 g/mol. The fourth-order valence-electron chi connectivity index (χ4n) is 3.21. The van der Waals surface area contributed by atoms with Crippen LogP contribution in [0.15, 0.2) is 52.7 Å². The van der Waals surface area contributed by atoms with E-state index in [0.29, 0.717) is 24.7 Å². The van der Waals surface area contributed by atoms with Crippen LogP contribution in [0.2, 0.25) is 0 Å². The van der Waals surface area contributed by atoms with Gasteiger partial charge in [0, 0.05) is 35.8 Å². The molecule has 1 N–H and O–H groups in total. The van der Waals surface area contributed by atoms with E-state index in [4.69, 9.17) is 19.2 Å². The SMILES string of the molecule is COc1ccc(OC)c(S(=O)(=O)Nc2ccc(-c3csc(N4CCOCC4)n3)cc2)c1. The summed E-state index contributed by atoms with van der Waals surface area (Å²) in [6.07, 6.45) is 0. The fourth-order valence-corrected chi connectivity index (χ4v) is 5.34. The van der Waals surface area contributed by atoms with Crippen LogP contribution < -0.4 is 19.1 Å². The first-order valence-electron chi connectivity index (χ1n) is 9.63. The fraction of sp³-hybridized carbons (Fsp3) is 0.286. The second kappa shape index (κ2) is 9.13. The summed E-state index contributed by atoms with van der Waals surface area (Å²) in [4.78, 5) is 6.94. The standard InChI is InChI=1S/C21H23N3O5S2/c1-27-17-7-8-19(28-2)20(13-17)31(25,26)23-16-5-3-15(4-6-16)18-14-30-21(22-18)24-9-11-29-12-10-24/h3-8,13-14,23H,9-12H2,1-2H3. The summed E-state index contributed by atoms with van der Waals surface area (Å²) in [6, 6.07) is 11.8. The quantitative estimate of drug-likeness (QED) is 0.576. The average Bonchev–Trinajstić information content (AvgIpc) is 3.30. The van der Waals surface area contributed by atoms with Gasteiger partial charge >= 0.3 is 0 Å². The molecule has 0 unspecified atom stereocenters. The Bertz CT molecular complexity index is 1140. The molecule has 0 saturated carbocycles. The smallest absolute Gasteiger partial charge is 0.265 e. The molecule has 31 heavy (non-hydrogen) atoms. The highest BCUT2D eigenvalue weighted by Gasteiger charge is 2.21. The van der Waals surface area contributed by atoms with Gasteiger partial charge in [-0.25, -0.2) is 13.4 Å². The second-order valence-electron chi connectivity index (χ2n) is 6.81. The van der Waals surface area contributed by atoms with Crippen molar-refractivity contribution in [1.29, 1.82) is 0 Å². The lowest BCUT2D eigenvalue weighted by atomic mass is 10.1. The highest BCUT2D eigenvalue weighted by molar-refractivity contribution is 7.92. The van der Waals surface area contributed by atoms with Crippen molar-refractivity contribution in [3.8, 4) is 22.8 Å². The number of morpholine rings is 1. The molecule has 1 aliphatic rings. The van der Waals surface area contributed by atoms with E-state index in [1.54, 1.807) is 35.6 Å². The molecule has 1 aliphatic heterocycles. The zero-order valence-corrected chi connectivity index (χ0v) is 18.8. The lowest BCUT2D eigenvalue weighted by Gasteiger charge is -2.26. The maximum absolute atomic E-state index is 12.9. The molecule has 1 fully saturated rings. The van der Waals surface area contributed by atoms with E-state index in [2.05, 4.69) is 9.62 Å². The van der Waals surface area contributed by atoms with Crippen LogP contribution in [0, 0.1) is 0 Å². The molecule has 0 amide bonds. The number of nitrogens with one attached hydrogen (secondary N) is 1. The van der Waals surface area contributed by atoms with Gasteiger partial charge in [0.15, 0.2) is 5.13 Å². The molecule has 3 aromatic rings. The summed E-state index contributed by atoms with van der Waals surface area (Å²) in [7, 11) is -0.959. The average molecular weight is 462 g/mol. The van der Waals surface area contributed by atoms with E-state index >= 15 is 0 Å². The summed E-state index contributed by atoms with van der Waals surface area (Å²) in [5, 5.41) is 2.97. The van der Waals surface area contributed by atoms with E-state index < -0.39 is 10.0 Å². The number of anilines is 2. The van der Waals surface area contributed by atoms with Gasteiger partial charge < -0.3 is 19.1 Å². The highest BCUT2D eigenvalue weighted by atomic mass is 32.2. The topological polar surface area (TPSA) is 90.0 Å². The maximum Gasteiger partial charge on any atom is 0.265 e. The maximum atomic E-state index is 12.9. The Morgan fingerprint density at radius 2 is 1.81 bits per heavy atom. The number of rotatable bonds is 7. The van der Waals surface area contributed by atoms with Gasteiger partial charge in [-0.05, 0) is 24.3 Å². The van der Waals surface area contributed by atoms with Crippen LogP contribution in [0.1, 0.15) is 0 Å². The number of aromatic nitrogens is 1. The van der Waals surface area contributed by atoms with Crippen LogP contribution in [0.3, 0.4) is 0 Å². The number of ether oxygens (including phenoxy) is 3. The minimum absolute atomic E-state index is 0.00748. The van der Waals surface area contributed by atoms with Crippen LogP contribution in [0.4, 0.5) is 10.8 Å². The van der Waals surface area contributed by atoms with E-state index in [-0.39, 0.29) is 10.6 Å². The van der Waals surface area contributed by atoms with Crippen molar-refractivity contribution >= 4 is 32.2 Å². The number of methoxy groups -OCH3 is 2. The predicted octanol–water partition coefficient (Wildman–Crippen LogP) is 3.46. The molecule has 10 heteroatoms. The van der Waals surface area contributed by atoms with Crippen LogP contribution in [-0.4, -0.2) is 53.9 Å². The lowest BCUT2D eigenvalue weighted by molar-refractivity contribution is 0.122. The number of hydrogen-bond acceptors (Lipinski definition) is 8. The van der Waals surface area contributed by atoms with Gasteiger partial charge in [0.1, 0.15) is 16.4 Å². The van der Waals surface area contributed by atoms with Crippen molar-refractivity contribution in [2.24, 2.45) is 0 Å². The van der Waals surface area contributed by atoms with E-state index in [1.807, 2.05) is 17.5 Å². The predicted molar refractivity (Wildman–Crippen MR) is 121 cm³/mol. The molecule has 2 heterocycles. The van der Waals surface area contributed by atoms with Crippen molar-refractivity contribution in [1.82, 2.24) is 4.98 Å². The molecule has 0 aliphatic carbocycles. The van der Waals surface area contributed by atoms with E-state index in [9.17, 15) is 8.42 Å². The van der Waals surface area contributed by atoms with Gasteiger partial charge in [0.05, 0.1) is 33.1 Å². The number of benzene rings is 2. The van der Waals surface area contributed by atoms with E-state index in [0.717, 1.165) is 29.5 Å². The summed E-state index contributed by atoms with van der Waals surface area (Å²) >= 11 is 1.59. The van der Waals surface area contributed by atoms with Gasteiger partial charge in [0.2, 0.25) is 0 Å². The molecule has 1 saturated heterocycles. The normalized spacial score (nSPS) is 14.3. The first kappa shape index (κ1) is 21.4. The third-order valence-corrected chi connectivity index (χ3v) is 7.17. The molecular weight excluding hydrogens is 438 g/mol. The van der Waals surface area contributed by atoms with Gasteiger partial charge in [-0.15, -0.1) is 11.3 Å². The Balaban J connectivity index is 1.52. The van der Waals surface area contributed by atoms with Crippen molar-refractivity contribution in [3.63, 3.8) is 0 Å². The molecular formula is C21H23N3O5S2. The van der Waals surface area contributed by atoms with Crippen LogP contribution in [0.5, 0.6) is 11.5 Å². The van der Waals surface area contributed by atoms with Crippen LogP contribution >= 0.6 is 11.3 Å². The van der Waals surface area contributed by atoms with Gasteiger partial charge in [-0.3, -0.25) is 4.72 Å². The molecule has 0 atom stereocenters. The van der Waals surface area contributed by atoms with Crippen LogP contribution in [0.25, 0.3) is 11.3 Å². The third-order valence-electron chi connectivity index (χ3n) is 4.87. The molecule has 4 rings (SSSR count). The van der Waals surface area contributed by atoms with Gasteiger partial charge in [-0.1, -0.05) is 12.1 Å². The zero-order valence-electron chi connectivity index (χ0n) is 17.2. The Labute approximate surface area is 185 Å². The Morgan fingerprint density at radius 3 is 2.48 bits per heavy atom. The largest absolute Gasteiger partial charge is 0.497 e. The summed E-state index contributed by atoms with van der Waals surface area (Å²) in [5.41, 5.74) is 2.21. The Kier molecular flexibility index (Phi) is 6.30. The van der Waals surface area contributed by atoms with Crippen molar-refractivity contribution in [2.75, 3.05) is 50.1 Å². The number of sulfonamides is 1. The van der Waals surface area contributed by atoms with E-state index in [1.165, 1.54) is 20.3 Å². The van der Waals surface area contributed by atoms with Crippen molar-refractivity contribution < 1.29 is 22.6 Å². The van der Waals surface area contributed by atoms with Crippen molar-refractivity contribution in [3.05, 3.63) is 47.8 Å². The molecule has 0 spiro atoms. The molecule has 8 nitrogen and oxygen atoms in total. The third kappa shape index (κ3) is 4.76. The second-order valence-corrected chi connectivity index (χ2v) is 9.30. The van der Waals surface area contributed by atoms with Crippen molar-refractivity contribution in [2.45, 2.75) is 4.90 Å². The molecule has 2 aromatic carbocycles. The van der Waals surface area contributed by atoms with Gasteiger partial charge in [-0.2, -0.15) is 0 Å². The summed E-state index contributed by atoms with van der Waals surface area (Å²) < 4.78 is 44.2.